The lowest BCUT2D eigenvalue weighted by Crippen LogP contribution is -2.38. The molecule has 158 valence electrons. The molecule has 0 aliphatic heterocycles. The van der Waals surface area contributed by atoms with Gasteiger partial charge in [0.05, 0.1) is 16.6 Å². The molecule has 0 spiro atoms. The molecule has 2 aliphatic rings. The Morgan fingerprint density at radius 3 is 2.59 bits per heavy atom. The van der Waals surface area contributed by atoms with Crippen molar-refractivity contribution in [3.63, 3.8) is 0 Å². The third kappa shape index (κ3) is 4.09. The molecular weight excluding hydrogens is 374 g/mol. The smallest absolute Gasteiger partial charge is 0.161 e. The molecule has 29 heavy (non-hydrogen) atoms. The van der Waals surface area contributed by atoms with E-state index in [0.717, 1.165) is 50.8 Å². The number of rotatable bonds is 9. The number of nitrogens with zero attached hydrogens (tertiary/aromatic N) is 2. The van der Waals surface area contributed by atoms with Crippen LogP contribution in [0.5, 0.6) is 0 Å². The molecule has 1 unspecified atom stereocenters. The van der Waals surface area contributed by atoms with Crippen molar-refractivity contribution in [3.8, 4) is 0 Å². The van der Waals surface area contributed by atoms with Gasteiger partial charge in [0.25, 0.3) is 0 Å². The molecule has 6 heteroatoms. The Hall–Kier alpha value is -1.82. The van der Waals surface area contributed by atoms with E-state index >= 15 is 0 Å². The number of aliphatic hydroxyl groups is 1. The van der Waals surface area contributed by atoms with E-state index in [1.165, 1.54) is 12.1 Å². The molecule has 2 fully saturated rings. The van der Waals surface area contributed by atoms with Gasteiger partial charge in [0.15, 0.2) is 11.6 Å². The molecule has 0 amide bonds. The number of halogens is 2. The first-order chi connectivity index (χ1) is 13.7. The van der Waals surface area contributed by atoms with Gasteiger partial charge in [-0.05, 0) is 64.7 Å². The number of aryl methyl sites for hydroxylation is 1. The molecule has 4 nitrogen and oxygen atoms in total. The molecule has 1 atom stereocenters. The van der Waals surface area contributed by atoms with Crippen LogP contribution in [-0.2, 0) is 16.8 Å². The Kier molecular flexibility index (Phi) is 5.26. The summed E-state index contributed by atoms with van der Waals surface area (Å²) in [6, 6.07) is 2.43. The summed E-state index contributed by atoms with van der Waals surface area (Å²) >= 11 is 0. The number of carbonyl (C=O) groups excluding carboxylic acids is 1. The van der Waals surface area contributed by atoms with Crippen LogP contribution in [-0.4, -0.2) is 26.0 Å². The predicted molar refractivity (Wildman–Crippen MR) is 108 cm³/mol. The predicted octanol–water partition coefficient (Wildman–Crippen LogP) is 5.05. The molecule has 1 aromatic carbocycles. The summed E-state index contributed by atoms with van der Waals surface area (Å²) in [7, 11) is 0. The van der Waals surface area contributed by atoms with Gasteiger partial charge in [-0.3, -0.25) is 4.79 Å². The zero-order valence-corrected chi connectivity index (χ0v) is 17.3. The minimum atomic E-state index is -0.874. The van der Waals surface area contributed by atoms with Crippen molar-refractivity contribution in [1.82, 2.24) is 9.55 Å². The highest BCUT2D eigenvalue weighted by atomic mass is 19.2. The van der Waals surface area contributed by atoms with Crippen molar-refractivity contribution in [2.75, 3.05) is 0 Å². The van der Waals surface area contributed by atoms with Crippen LogP contribution in [0, 0.1) is 17.6 Å². The first-order valence-electron chi connectivity index (χ1n) is 10.8. The van der Waals surface area contributed by atoms with Crippen molar-refractivity contribution in [3.05, 3.63) is 29.6 Å². The van der Waals surface area contributed by atoms with Crippen molar-refractivity contribution in [2.24, 2.45) is 5.92 Å². The van der Waals surface area contributed by atoms with E-state index in [9.17, 15) is 18.7 Å². The van der Waals surface area contributed by atoms with E-state index in [1.54, 1.807) is 6.92 Å². The Morgan fingerprint density at radius 2 is 1.97 bits per heavy atom. The summed E-state index contributed by atoms with van der Waals surface area (Å²) in [5.74, 6) is -0.507. The van der Waals surface area contributed by atoms with Crippen molar-refractivity contribution >= 4 is 16.8 Å². The van der Waals surface area contributed by atoms with Gasteiger partial charge in [-0.25, -0.2) is 13.8 Å². The average molecular weight is 405 g/mol. The van der Waals surface area contributed by atoms with Gasteiger partial charge in [0.1, 0.15) is 11.6 Å². The zero-order valence-electron chi connectivity index (χ0n) is 17.3. The molecule has 0 saturated heterocycles. The fourth-order valence-corrected chi connectivity index (χ4v) is 4.75. The minimum Gasteiger partial charge on any atom is -0.389 e. The molecule has 2 aliphatic carbocycles. The van der Waals surface area contributed by atoms with Crippen LogP contribution in [0.3, 0.4) is 0 Å². The van der Waals surface area contributed by atoms with E-state index in [0.29, 0.717) is 23.9 Å². The number of ketones is 1. The summed E-state index contributed by atoms with van der Waals surface area (Å²) in [4.78, 5) is 16.8. The Morgan fingerprint density at radius 1 is 1.28 bits per heavy atom. The van der Waals surface area contributed by atoms with E-state index in [-0.39, 0.29) is 23.7 Å². The lowest BCUT2D eigenvalue weighted by atomic mass is 9.78. The molecular formula is C23H30F2N2O2. The first-order valence-corrected chi connectivity index (χ1v) is 10.8. The number of hydrogen-bond acceptors (Lipinski definition) is 3. The van der Waals surface area contributed by atoms with Gasteiger partial charge < -0.3 is 9.67 Å². The number of hydrogen-bond donors (Lipinski definition) is 1. The molecule has 0 radical (unpaired) electrons. The standard InChI is InChI=1S/C23H30F2N2O2/c1-22(10-5-11-22)27-20-13-18(25)17(24)12-19(20)26-21(27)7-4-3-6-16(28)14-23(2,29)15-8-9-15/h12-13,15,29H,3-11,14H2,1-2H3. The van der Waals surface area contributed by atoms with Crippen molar-refractivity contribution in [1.29, 1.82) is 0 Å². The Bertz CT molecular complexity index is 927. The largest absolute Gasteiger partial charge is 0.389 e. The SMILES string of the molecule is CC(O)(CC(=O)CCCCc1nc2cc(F)c(F)cc2n1C1(C)CCC1)C1CC1. The number of aromatic nitrogens is 2. The number of unbranched alkanes of at least 4 members (excludes halogenated alkanes) is 1. The van der Waals surface area contributed by atoms with Crippen LogP contribution >= 0.6 is 0 Å². The molecule has 1 heterocycles. The Labute approximate surface area is 170 Å². The third-order valence-electron chi connectivity index (χ3n) is 6.85. The van der Waals surface area contributed by atoms with Gasteiger partial charge >= 0.3 is 0 Å². The number of benzene rings is 1. The summed E-state index contributed by atoms with van der Waals surface area (Å²) in [6.45, 7) is 3.91. The summed E-state index contributed by atoms with van der Waals surface area (Å²) < 4.78 is 29.6. The molecule has 2 aromatic rings. The Balaban J connectivity index is 1.42. The molecule has 4 rings (SSSR count). The molecule has 0 bridgehead atoms. The highest BCUT2D eigenvalue weighted by molar-refractivity contribution is 5.79. The average Bonchev–Trinajstić information content (AvgIpc) is 3.42. The topological polar surface area (TPSA) is 55.1 Å². The number of carbonyl (C=O) groups is 1. The van der Waals surface area contributed by atoms with Crippen LogP contribution in [0.25, 0.3) is 11.0 Å². The van der Waals surface area contributed by atoms with Crippen LogP contribution in [0.4, 0.5) is 8.78 Å². The monoisotopic (exact) mass is 404 g/mol. The quantitative estimate of drug-likeness (QED) is 0.595. The van der Waals surface area contributed by atoms with E-state index in [2.05, 4.69) is 16.5 Å². The van der Waals surface area contributed by atoms with Crippen LogP contribution in [0.2, 0.25) is 0 Å². The maximum absolute atomic E-state index is 13.9. The summed E-state index contributed by atoms with van der Waals surface area (Å²) in [5.41, 5.74) is 0.173. The lowest BCUT2D eigenvalue weighted by Gasteiger charge is -2.41. The zero-order chi connectivity index (χ0) is 20.8. The van der Waals surface area contributed by atoms with E-state index in [1.807, 2.05) is 0 Å². The van der Waals surface area contributed by atoms with Crippen molar-refractivity contribution < 1.29 is 18.7 Å². The van der Waals surface area contributed by atoms with Gasteiger partial charge in [0, 0.05) is 36.9 Å². The second-order valence-electron chi connectivity index (χ2n) is 9.52. The molecule has 2 saturated carbocycles. The van der Waals surface area contributed by atoms with E-state index in [4.69, 9.17) is 0 Å². The summed E-state index contributed by atoms with van der Waals surface area (Å²) in [6.07, 6.45) is 7.99. The third-order valence-corrected chi connectivity index (χ3v) is 6.85. The number of fused-ring (bicyclic) bond motifs is 1. The summed E-state index contributed by atoms with van der Waals surface area (Å²) in [5, 5.41) is 10.3. The van der Waals surface area contributed by atoms with E-state index < -0.39 is 17.2 Å². The molecule has 1 N–H and O–H groups in total. The maximum Gasteiger partial charge on any atom is 0.161 e. The van der Waals surface area contributed by atoms with Gasteiger partial charge in [-0.15, -0.1) is 0 Å². The highest BCUT2D eigenvalue weighted by Crippen LogP contribution is 2.43. The molecule has 1 aromatic heterocycles. The van der Waals surface area contributed by atoms with Gasteiger partial charge in [0.2, 0.25) is 0 Å². The van der Waals surface area contributed by atoms with Crippen molar-refractivity contribution in [2.45, 2.75) is 89.2 Å². The maximum atomic E-state index is 13.9. The van der Waals surface area contributed by atoms with Gasteiger partial charge in [-0.1, -0.05) is 0 Å². The van der Waals surface area contributed by atoms with Crippen LogP contribution in [0.15, 0.2) is 12.1 Å². The second-order valence-corrected chi connectivity index (χ2v) is 9.52. The van der Waals surface area contributed by atoms with Gasteiger partial charge in [-0.2, -0.15) is 0 Å². The fraction of sp³-hybridized carbons (Fsp3) is 0.652. The second kappa shape index (κ2) is 7.46. The normalized spacial score (nSPS) is 20.4. The lowest BCUT2D eigenvalue weighted by molar-refractivity contribution is -0.124. The fourth-order valence-electron chi connectivity index (χ4n) is 4.75. The van der Waals surface area contributed by atoms with Crippen LogP contribution < -0.4 is 0 Å². The highest BCUT2D eigenvalue weighted by Gasteiger charge is 2.41. The number of Topliss-reactive ketones (excluding diaryl/α,β-unsaturated/α-hetero) is 1. The number of imidazole rings is 1. The first kappa shape index (κ1) is 20.5. The van der Waals surface area contributed by atoms with Crippen LogP contribution in [0.1, 0.15) is 77.5 Å². The minimum absolute atomic E-state index is 0.102.